The second kappa shape index (κ2) is 8.14. The number of rotatable bonds is 3. The van der Waals surface area contributed by atoms with Crippen molar-refractivity contribution in [2.75, 3.05) is 44.2 Å². The van der Waals surface area contributed by atoms with Gasteiger partial charge < -0.3 is 14.4 Å². The van der Waals surface area contributed by atoms with Gasteiger partial charge in [-0.15, -0.1) is 0 Å². The van der Waals surface area contributed by atoms with Gasteiger partial charge in [0, 0.05) is 49.5 Å². The summed E-state index contributed by atoms with van der Waals surface area (Å²) in [6.07, 6.45) is 0.000861. The number of piperazine rings is 1. The van der Waals surface area contributed by atoms with Gasteiger partial charge in [0.1, 0.15) is 12.7 Å². The highest BCUT2D eigenvalue weighted by atomic mass is 35.5. The van der Waals surface area contributed by atoms with Crippen molar-refractivity contribution in [3.8, 4) is 11.5 Å². The van der Waals surface area contributed by atoms with Gasteiger partial charge in [-0.1, -0.05) is 23.2 Å². The van der Waals surface area contributed by atoms with Gasteiger partial charge in [-0.05, 0) is 49.4 Å². The molecular formula is C23H23Cl2N3O2. The van der Waals surface area contributed by atoms with Crippen LogP contribution >= 0.6 is 23.2 Å². The molecule has 0 spiro atoms. The fraction of sp³-hybridized carbons (Fsp3) is 0.348. The number of halogens is 2. The Morgan fingerprint density at radius 2 is 1.83 bits per heavy atom. The molecule has 0 saturated carbocycles. The van der Waals surface area contributed by atoms with Crippen LogP contribution < -0.4 is 14.4 Å². The molecule has 3 aromatic rings. The molecule has 2 aliphatic heterocycles. The Morgan fingerprint density at radius 3 is 2.63 bits per heavy atom. The van der Waals surface area contributed by atoms with Gasteiger partial charge in [0.05, 0.1) is 15.6 Å². The van der Waals surface area contributed by atoms with E-state index in [9.17, 15) is 0 Å². The first-order valence-corrected chi connectivity index (χ1v) is 10.9. The molecule has 1 aromatic heterocycles. The van der Waals surface area contributed by atoms with E-state index in [1.54, 1.807) is 0 Å². The van der Waals surface area contributed by atoms with Crippen LogP contribution in [-0.2, 0) is 0 Å². The summed E-state index contributed by atoms with van der Waals surface area (Å²) in [5.41, 5.74) is 3.05. The van der Waals surface area contributed by atoms with Gasteiger partial charge in [0.15, 0.2) is 11.5 Å². The Kier molecular flexibility index (Phi) is 5.35. The summed E-state index contributed by atoms with van der Waals surface area (Å²) in [6, 6.07) is 13.9. The Labute approximate surface area is 186 Å². The molecule has 0 unspecified atom stereocenters. The number of hydrogen-bond donors (Lipinski definition) is 0. The van der Waals surface area contributed by atoms with E-state index < -0.39 is 0 Å². The van der Waals surface area contributed by atoms with Crippen molar-refractivity contribution in [1.29, 1.82) is 0 Å². The Balaban J connectivity index is 1.23. The third-order valence-corrected chi connectivity index (χ3v) is 6.48. The highest BCUT2D eigenvalue weighted by Gasteiger charge is 2.27. The van der Waals surface area contributed by atoms with Crippen molar-refractivity contribution in [2.24, 2.45) is 0 Å². The van der Waals surface area contributed by atoms with E-state index in [0.29, 0.717) is 16.7 Å². The molecule has 1 fully saturated rings. The molecule has 0 N–H and O–H groups in total. The standard InChI is InChI=1S/C23H23Cl2N3O2/c1-15-2-4-18-21(26-15)6-7-22-23(18)30-17(14-29-22)13-27-8-10-28(11-9-27)16-3-5-19(24)20(25)12-16/h2-7,12,17H,8-11,13-14H2,1H3/t17-/m0/s1. The molecule has 5 nitrogen and oxygen atoms in total. The van der Waals surface area contributed by atoms with Crippen LogP contribution in [-0.4, -0.2) is 55.3 Å². The monoisotopic (exact) mass is 443 g/mol. The largest absolute Gasteiger partial charge is 0.486 e. The van der Waals surface area contributed by atoms with Crippen LogP contribution in [0.1, 0.15) is 5.69 Å². The third kappa shape index (κ3) is 3.89. The summed E-state index contributed by atoms with van der Waals surface area (Å²) in [4.78, 5) is 9.38. The lowest BCUT2D eigenvalue weighted by Gasteiger charge is -2.38. The number of fused-ring (bicyclic) bond motifs is 3. The highest BCUT2D eigenvalue weighted by molar-refractivity contribution is 6.42. The first-order chi connectivity index (χ1) is 14.6. The predicted octanol–water partition coefficient (Wildman–Crippen LogP) is 4.81. The summed E-state index contributed by atoms with van der Waals surface area (Å²) in [6.45, 7) is 7.20. The van der Waals surface area contributed by atoms with E-state index in [4.69, 9.17) is 32.7 Å². The molecule has 156 valence electrons. The molecule has 0 bridgehead atoms. The number of aromatic nitrogens is 1. The minimum atomic E-state index is 0.000861. The molecule has 1 atom stereocenters. The maximum atomic E-state index is 6.38. The number of ether oxygens (including phenoxy) is 2. The molecule has 2 aliphatic rings. The molecule has 0 amide bonds. The normalized spacial score (nSPS) is 19.3. The molecule has 3 heterocycles. The minimum absolute atomic E-state index is 0.000861. The zero-order chi connectivity index (χ0) is 20.7. The van der Waals surface area contributed by atoms with E-state index in [1.165, 1.54) is 0 Å². The van der Waals surface area contributed by atoms with Gasteiger partial charge in [0.25, 0.3) is 0 Å². The molecule has 0 radical (unpaired) electrons. The summed E-state index contributed by atoms with van der Waals surface area (Å²) < 4.78 is 12.4. The average Bonchev–Trinajstić information content (AvgIpc) is 2.76. The quantitative estimate of drug-likeness (QED) is 0.580. The van der Waals surface area contributed by atoms with Gasteiger partial charge in [-0.25, -0.2) is 0 Å². The second-order valence-electron chi connectivity index (χ2n) is 7.85. The van der Waals surface area contributed by atoms with Crippen LogP contribution in [0.25, 0.3) is 10.9 Å². The van der Waals surface area contributed by atoms with Crippen molar-refractivity contribution in [3.63, 3.8) is 0 Å². The number of hydrogen-bond acceptors (Lipinski definition) is 5. The van der Waals surface area contributed by atoms with Crippen LogP contribution in [0.15, 0.2) is 42.5 Å². The summed E-state index contributed by atoms with van der Waals surface area (Å²) >= 11 is 12.2. The Hall–Kier alpha value is -2.21. The maximum Gasteiger partial charge on any atom is 0.171 e. The number of pyridine rings is 1. The Morgan fingerprint density at radius 1 is 1.00 bits per heavy atom. The molecule has 7 heteroatoms. The van der Waals surface area contributed by atoms with Crippen LogP contribution in [0.5, 0.6) is 11.5 Å². The summed E-state index contributed by atoms with van der Waals surface area (Å²) in [5.74, 6) is 1.61. The van der Waals surface area contributed by atoms with Crippen LogP contribution in [0.4, 0.5) is 5.69 Å². The molecule has 0 aliphatic carbocycles. The summed E-state index contributed by atoms with van der Waals surface area (Å²) in [5, 5.41) is 2.19. The zero-order valence-corrected chi connectivity index (χ0v) is 18.3. The van der Waals surface area contributed by atoms with Gasteiger partial charge in [-0.3, -0.25) is 9.88 Å². The van der Waals surface area contributed by atoms with Crippen molar-refractivity contribution < 1.29 is 9.47 Å². The fourth-order valence-corrected chi connectivity index (χ4v) is 4.42. The first-order valence-electron chi connectivity index (χ1n) is 10.2. The third-order valence-electron chi connectivity index (χ3n) is 5.74. The van der Waals surface area contributed by atoms with Gasteiger partial charge in [-0.2, -0.15) is 0 Å². The lowest BCUT2D eigenvalue weighted by molar-refractivity contribution is 0.0587. The molecule has 2 aromatic carbocycles. The Bertz CT molecular complexity index is 1080. The van der Waals surface area contributed by atoms with E-state index in [1.807, 2.05) is 43.3 Å². The summed E-state index contributed by atoms with van der Waals surface area (Å²) in [7, 11) is 0. The van der Waals surface area contributed by atoms with Crippen molar-refractivity contribution in [2.45, 2.75) is 13.0 Å². The highest BCUT2D eigenvalue weighted by Crippen LogP contribution is 2.38. The molecule has 30 heavy (non-hydrogen) atoms. The number of anilines is 1. The maximum absolute atomic E-state index is 6.38. The van der Waals surface area contributed by atoms with E-state index in [-0.39, 0.29) is 6.10 Å². The van der Waals surface area contributed by atoms with E-state index in [2.05, 4.69) is 20.9 Å². The van der Waals surface area contributed by atoms with Crippen LogP contribution in [0.3, 0.4) is 0 Å². The number of benzene rings is 2. The topological polar surface area (TPSA) is 37.8 Å². The fourth-order valence-electron chi connectivity index (χ4n) is 4.13. The SMILES string of the molecule is Cc1ccc2c3c(ccc2n1)OC[C@H](CN1CCN(c2ccc(Cl)c(Cl)c2)CC1)O3. The molecule has 1 saturated heterocycles. The van der Waals surface area contributed by atoms with Gasteiger partial charge >= 0.3 is 0 Å². The number of nitrogens with zero attached hydrogens (tertiary/aromatic N) is 3. The second-order valence-corrected chi connectivity index (χ2v) is 8.66. The van der Waals surface area contributed by atoms with Gasteiger partial charge in [0.2, 0.25) is 0 Å². The number of aryl methyl sites for hydroxylation is 1. The molecule has 5 rings (SSSR count). The van der Waals surface area contributed by atoms with Crippen LogP contribution in [0, 0.1) is 6.92 Å². The van der Waals surface area contributed by atoms with Crippen LogP contribution in [0.2, 0.25) is 10.0 Å². The first kappa shape index (κ1) is 19.7. The lowest BCUT2D eigenvalue weighted by Crippen LogP contribution is -2.50. The van der Waals surface area contributed by atoms with Crippen molar-refractivity contribution >= 4 is 39.8 Å². The lowest BCUT2D eigenvalue weighted by atomic mass is 10.1. The average molecular weight is 444 g/mol. The van der Waals surface area contributed by atoms with Crippen molar-refractivity contribution in [3.05, 3.63) is 58.2 Å². The predicted molar refractivity (Wildman–Crippen MR) is 122 cm³/mol. The zero-order valence-electron chi connectivity index (χ0n) is 16.8. The molecular weight excluding hydrogens is 421 g/mol. The van der Waals surface area contributed by atoms with E-state index >= 15 is 0 Å². The van der Waals surface area contributed by atoms with E-state index in [0.717, 1.165) is 66.5 Å². The minimum Gasteiger partial charge on any atom is -0.486 e. The smallest absolute Gasteiger partial charge is 0.171 e. The van der Waals surface area contributed by atoms with Crippen molar-refractivity contribution in [1.82, 2.24) is 9.88 Å².